The van der Waals surface area contributed by atoms with Crippen molar-refractivity contribution in [2.75, 3.05) is 0 Å². The summed E-state index contributed by atoms with van der Waals surface area (Å²) in [5.74, 6) is -0.882. The average Bonchev–Trinajstić information content (AvgIpc) is 2.11. The van der Waals surface area contributed by atoms with Gasteiger partial charge < -0.3 is 0 Å². The maximum Gasteiger partial charge on any atom is 0.140 e. The third-order valence-electron chi connectivity index (χ3n) is 3.02. The summed E-state index contributed by atoms with van der Waals surface area (Å²) in [6, 6.07) is 0. The number of halogens is 3. The van der Waals surface area contributed by atoms with E-state index in [1.165, 1.54) is 0 Å². The molecule has 2 unspecified atom stereocenters. The highest BCUT2D eigenvalue weighted by molar-refractivity contribution is 6.56. The molecule has 0 heterocycles. The van der Waals surface area contributed by atoms with E-state index in [1.54, 1.807) is 6.92 Å². The first-order chi connectivity index (χ1) is 5.93. The lowest BCUT2D eigenvalue weighted by molar-refractivity contribution is -0.143. The maximum atomic E-state index is 13.3. The SMILES string of the molecule is CCC1(C)C(=O)CC1C(F)=C(Cl)Cl. The van der Waals surface area contributed by atoms with E-state index in [-0.39, 0.29) is 16.7 Å². The number of carbonyl (C=O) groups excluding carboxylic acids is 1. The van der Waals surface area contributed by atoms with Crippen LogP contribution in [-0.2, 0) is 4.79 Å². The Bertz CT molecular complexity index is 271. The number of ketones is 1. The molecule has 1 aliphatic carbocycles. The molecule has 0 aromatic rings. The molecule has 1 rings (SSSR count). The Labute approximate surface area is 86.9 Å². The van der Waals surface area contributed by atoms with Crippen LogP contribution in [0.15, 0.2) is 10.3 Å². The first-order valence-electron chi connectivity index (χ1n) is 4.17. The van der Waals surface area contributed by atoms with Gasteiger partial charge in [0.05, 0.1) is 0 Å². The number of hydrogen-bond donors (Lipinski definition) is 0. The molecule has 74 valence electrons. The Morgan fingerprint density at radius 2 is 2.23 bits per heavy atom. The van der Waals surface area contributed by atoms with E-state index in [0.717, 1.165) is 0 Å². The molecule has 1 saturated carbocycles. The minimum absolute atomic E-state index is 0.0877. The third kappa shape index (κ3) is 1.62. The highest BCUT2D eigenvalue weighted by Gasteiger charge is 2.52. The van der Waals surface area contributed by atoms with E-state index < -0.39 is 17.2 Å². The molecule has 1 fully saturated rings. The van der Waals surface area contributed by atoms with Crippen LogP contribution in [0.2, 0.25) is 0 Å². The van der Waals surface area contributed by atoms with Crippen molar-refractivity contribution >= 4 is 29.0 Å². The van der Waals surface area contributed by atoms with Gasteiger partial charge in [-0.3, -0.25) is 4.79 Å². The van der Waals surface area contributed by atoms with Gasteiger partial charge in [-0.15, -0.1) is 0 Å². The third-order valence-corrected chi connectivity index (χ3v) is 3.38. The molecule has 0 N–H and O–H groups in total. The summed E-state index contributed by atoms with van der Waals surface area (Å²) in [5.41, 5.74) is -0.598. The van der Waals surface area contributed by atoms with E-state index in [1.807, 2.05) is 6.92 Å². The molecular weight excluding hydrogens is 214 g/mol. The Hall–Kier alpha value is -0.0800. The molecule has 0 radical (unpaired) electrons. The summed E-state index contributed by atoms with van der Waals surface area (Å²) in [5, 5.41) is 0. The molecule has 0 bridgehead atoms. The molecule has 1 nitrogen and oxygen atoms in total. The zero-order chi connectivity index (χ0) is 10.2. The van der Waals surface area contributed by atoms with Gasteiger partial charge in [0.25, 0.3) is 0 Å². The molecular formula is C9H11Cl2FO. The first-order valence-corrected chi connectivity index (χ1v) is 4.93. The maximum absolute atomic E-state index is 13.3. The first kappa shape index (κ1) is 11.0. The number of hydrogen-bond acceptors (Lipinski definition) is 1. The van der Waals surface area contributed by atoms with Crippen molar-refractivity contribution in [1.82, 2.24) is 0 Å². The van der Waals surface area contributed by atoms with Crippen LogP contribution in [0.4, 0.5) is 4.39 Å². The van der Waals surface area contributed by atoms with Crippen LogP contribution in [0.3, 0.4) is 0 Å². The van der Waals surface area contributed by atoms with Crippen molar-refractivity contribution in [3.63, 3.8) is 0 Å². The standard InChI is InChI=1S/C9H11Cl2FO/c1-3-9(2)5(4-6(9)13)7(12)8(10)11/h5H,3-4H2,1-2H3. The largest absolute Gasteiger partial charge is 0.299 e. The lowest BCUT2D eigenvalue weighted by Gasteiger charge is -2.43. The van der Waals surface area contributed by atoms with Crippen molar-refractivity contribution in [3.05, 3.63) is 10.3 Å². The van der Waals surface area contributed by atoms with Gasteiger partial charge in [0, 0.05) is 17.8 Å². The molecule has 0 aromatic carbocycles. The fourth-order valence-electron chi connectivity index (χ4n) is 1.65. The molecule has 4 heteroatoms. The zero-order valence-electron chi connectivity index (χ0n) is 7.53. The van der Waals surface area contributed by atoms with Crippen LogP contribution in [0.5, 0.6) is 0 Å². The summed E-state index contributed by atoms with van der Waals surface area (Å²) in [4.78, 5) is 11.2. The molecule has 2 atom stereocenters. The second-order valence-electron chi connectivity index (χ2n) is 3.56. The molecule has 1 aliphatic rings. The van der Waals surface area contributed by atoms with Crippen molar-refractivity contribution in [2.24, 2.45) is 11.3 Å². The van der Waals surface area contributed by atoms with Crippen LogP contribution in [0.1, 0.15) is 26.7 Å². The van der Waals surface area contributed by atoms with Gasteiger partial charge in [0.2, 0.25) is 0 Å². The quantitative estimate of drug-likeness (QED) is 0.701. The number of Topliss-reactive ketones (excluding diaryl/α,β-unsaturated/α-hetero) is 1. The van der Waals surface area contributed by atoms with E-state index >= 15 is 0 Å². The topological polar surface area (TPSA) is 17.1 Å². The Morgan fingerprint density at radius 3 is 2.54 bits per heavy atom. The van der Waals surface area contributed by atoms with Crippen LogP contribution < -0.4 is 0 Å². The summed E-state index contributed by atoms with van der Waals surface area (Å²) in [7, 11) is 0. The fourth-order valence-corrected chi connectivity index (χ4v) is 1.92. The lowest BCUT2D eigenvalue weighted by Crippen LogP contribution is -2.47. The fraction of sp³-hybridized carbons (Fsp3) is 0.667. The summed E-state index contributed by atoms with van der Waals surface area (Å²) < 4.78 is 12.9. The predicted molar refractivity (Wildman–Crippen MR) is 51.4 cm³/mol. The van der Waals surface area contributed by atoms with Crippen molar-refractivity contribution < 1.29 is 9.18 Å². The number of allylic oxidation sites excluding steroid dienone is 1. The number of carbonyl (C=O) groups is 1. The highest BCUT2D eigenvalue weighted by atomic mass is 35.5. The van der Waals surface area contributed by atoms with Gasteiger partial charge in [-0.05, 0) is 6.42 Å². The minimum atomic E-state index is -0.598. The van der Waals surface area contributed by atoms with E-state index in [2.05, 4.69) is 0 Å². The summed E-state index contributed by atoms with van der Waals surface area (Å²) in [6.45, 7) is 3.61. The van der Waals surface area contributed by atoms with Gasteiger partial charge in [-0.1, -0.05) is 37.0 Å². The van der Waals surface area contributed by atoms with Gasteiger partial charge in [-0.25, -0.2) is 4.39 Å². The van der Waals surface area contributed by atoms with Crippen LogP contribution >= 0.6 is 23.2 Å². The van der Waals surface area contributed by atoms with Gasteiger partial charge >= 0.3 is 0 Å². The smallest absolute Gasteiger partial charge is 0.140 e. The van der Waals surface area contributed by atoms with E-state index in [4.69, 9.17) is 23.2 Å². The lowest BCUT2D eigenvalue weighted by atomic mass is 9.58. The molecule has 0 saturated heterocycles. The van der Waals surface area contributed by atoms with Crippen LogP contribution in [-0.4, -0.2) is 5.78 Å². The van der Waals surface area contributed by atoms with Gasteiger partial charge in [0.15, 0.2) is 0 Å². The van der Waals surface area contributed by atoms with Gasteiger partial charge in [0.1, 0.15) is 16.1 Å². The zero-order valence-corrected chi connectivity index (χ0v) is 9.05. The van der Waals surface area contributed by atoms with E-state index in [0.29, 0.717) is 6.42 Å². The van der Waals surface area contributed by atoms with Crippen molar-refractivity contribution in [3.8, 4) is 0 Å². The van der Waals surface area contributed by atoms with Crippen molar-refractivity contribution in [1.29, 1.82) is 0 Å². The molecule has 0 aliphatic heterocycles. The monoisotopic (exact) mass is 224 g/mol. The Morgan fingerprint density at radius 1 is 1.69 bits per heavy atom. The van der Waals surface area contributed by atoms with Crippen LogP contribution in [0, 0.1) is 11.3 Å². The van der Waals surface area contributed by atoms with Crippen molar-refractivity contribution in [2.45, 2.75) is 26.7 Å². The Balaban J connectivity index is 2.88. The second kappa shape index (κ2) is 3.58. The minimum Gasteiger partial charge on any atom is -0.299 e. The summed E-state index contributed by atoms with van der Waals surface area (Å²) >= 11 is 10.7. The average molecular weight is 225 g/mol. The highest BCUT2D eigenvalue weighted by Crippen LogP contribution is 2.51. The van der Waals surface area contributed by atoms with Gasteiger partial charge in [-0.2, -0.15) is 0 Å². The molecule has 0 spiro atoms. The molecule has 0 amide bonds. The predicted octanol–water partition coefficient (Wildman–Crippen LogP) is 3.61. The van der Waals surface area contributed by atoms with Crippen LogP contribution in [0.25, 0.3) is 0 Å². The molecule has 0 aromatic heterocycles. The Kier molecular flexibility index (Phi) is 3.03. The summed E-state index contributed by atoms with van der Waals surface area (Å²) in [6.07, 6.45) is 0.837. The van der Waals surface area contributed by atoms with E-state index in [9.17, 15) is 9.18 Å². The molecule has 13 heavy (non-hydrogen) atoms. The normalized spacial score (nSPS) is 32.7. The number of rotatable bonds is 2. The second-order valence-corrected chi connectivity index (χ2v) is 4.51.